The van der Waals surface area contributed by atoms with E-state index in [2.05, 4.69) is 303 Å². The van der Waals surface area contributed by atoms with Gasteiger partial charge in [-0.15, -0.1) is 0 Å². The Kier molecular flexibility index (Phi) is 10.7. The quantitative estimate of drug-likeness (QED) is 0.145. The van der Waals surface area contributed by atoms with E-state index in [-0.39, 0.29) is 0 Å². The zero-order valence-electron chi connectivity index (χ0n) is 45.3. The van der Waals surface area contributed by atoms with E-state index in [1.165, 1.54) is 131 Å². The van der Waals surface area contributed by atoms with Gasteiger partial charge in [0.15, 0.2) is 0 Å². The van der Waals surface area contributed by atoms with E-state index >= 15 is 0 Å². The third-order valence-corrected chi connectivity index (χ3v) is 17.6. The Morgan fingerprint density at radius 3 is 1.20 bits per heavy atom. The minimum absolute atomic E-state index is 0.876. The third kappa shape index (κ3) is 7.56. The maximum Gasteiger partial charge on any atom is 0.143 e. The van der Waals surface area contributed by atoms with Crippen molar-refractivity contribution in [2.75, 3.05) is 0 Å². The molecule has 384 valence electrons. The van der Waals surface area contributed by atoms with Crippen molar-refractivity contribution in [1.82, 2.24) is 0 Å². The topological polar surface area (TPSA) is 13.1 Å². The average molecular weight is 1050 g/mol. The second-order valence-corrected chi connectivity index (χ2v) is 22.2. The Balaban J connectivity index is 0.732. The van der Waals surface area contributed by atoms with Crippen LogP contribution in [0.15, 0.2) is 308 Å². The third-order valence-electron chi connectivity index (χ3n) is 17.6. The largest absolute Gasteiger partial charge is 0.455 e. The molecule has 83 heavy (non-hydrogen) atoms. The molecule has 0 N–H and O–H groups in total. The number of benzene rings is 16. The molecular formula is C82H50O. The molecule has 0 radical (unpaired) electrons. The lowest BCUT2D eigenvalue weighted by Gasteiger charge is -2.20. The van der Waals surface area contributed by atoms with Gasteiger partial charge in [0.05, 0.1) is 0 Å². The molecule has 0 bridgehead atoms. The summed E-state index contributed by atoms with van der Waals surface area (Å²) in [6.45, 7) is 0. The molecule has 16 aromatic carbocycles. The molecule has 0 fully saturated rings. The van der Waals surface area contributed by atoms with Crippen molar-refractivity contribution < 1.29 is 4.42 Å². The lowest BCUT2D eigenvalue weighted by atomic mass is 9.83. The van der Waals surface area contributed by atoms with E-state index in [0.717, 1.165) is 44.2 Å². The number of hydrogen-bond donors (Lipinski definition) is 0. The van der Waals surface area contributed by atoms with Crippen LogP contribution >= 0.6 is 0 Å². The second kappa shape index (κ2) is 18.9. The van der Waals surface area contributed by atoms with Crippen molar-refractivity contribution in [2.24, 2.45) is 0 Å². The highest BCUT2D eigenvalue weighted by atomic mass is 16.3. The molecule has 0 aliphatic rings. The molecule has 17 rings (SSSR count). The zero-order valence-corrected chi connectivity index (χ0v) is 45.3. The van der Waals surface area contributed by atoms with Crippen molar-refractivity contribution in [3.63, 3.8) is 0 Å². The molecule has 0 aliphatic carbocycles. The number of furan rings is 1. The van der Waals surface area contributed by atoms with Gasteiger partial charge in [-0.25, -0.2) is 0 Å². The minimum atomic E-state index is 0.876. The summed E-state index contributed by atoms with van der Waals surface area (Å²) in [6, 6.07) is 112. The van der Waals surface area contributed by atoms with Gasteiger partial charge in [-0.2, -0.15) is 0 Å². The summed E-state index contributed by atoms with van der Waals surface area (Å²) in [5.74, 6) is 0. The van der Waals surface area contributed by atoms with Crippen molar-refractivity contribution in [3.8, 4) is 77.9 Å². The summed E-state index contributed by atoms with van der Waals surface area (Å²) < 4.78 is 6.97. The molecule has 0 aliphatic heterocycles. The normalized spacial score (nSPS) is 11.9. The molecule has 0 atom stereocenters. The smallest absolute Gasteiger partial charge is 0.143 e. The highest BCUT2D eigenvalue weighted by molar-refractivity contribution is 6.25. The first-order chi connectivity index (χ1) is 41.2. The highest BCUT2D eigenvalue weighted by Crippen LogP contribution is 2.49. The summed E-state index contributed by atoms with van der Waals surface area (Å²) >= 11 is 0. The van der Waals surface area contributed by atoms with Crippen LogP contribution in [-0.4, -0.2) is 0 Å². The lowest BCUT2D eigenvalue weighted by Crippen LogP contribution is -1.92. The fourth-order valence-electron chi connectivity index (χ4n) is 13.8. The van der Waals surface area contributed by atoms with Gasteiger partial charge in [-0.1, -0.05) is 267 Å². The van der Waals surface area contributed by atoms with Crippen molar-refractivity contribution in [1.29, 1.82) is 0 Å². The molecule has 1 aromatic heterocycles. The average Bonchev–Trinajstić information content (AvgIpc) is 3.08. The number of fused-ring (bicyclic) bond motifs is 10. The van der Waals surface area contributed by atoms with Gasteiger partial charge in [0, 0.05) is 16.3 Å². The van der Waals surface area contributed by atoms with E-state index in [1.807, 2.05) is 0 Å². The van der Waals surface area contributed by atoms with Crippen LogP contribution in [0.3, 0.4) is 0 Å². The number of hydrogen-bond acceptors (Lipinski definition) is 1. The zero-order chi connectivity index (χ0) is 54.5. The van der Waals surface area contributed by atoms with Crippen LogP contribution < -0.4 is 0 Å². The van der Waals surface area contributed by atoms with Crippen LogP contribution in [0, 0.1) is 0 Å². The molecule has 1 nitrogen and oxygen atoms in total. The SMILES string of the molecule is c1ccc(-c2c3ccccc3c(-c3cccc(-c4cccc5c4oc4cc(-c6ccc7cc(-c8c9ccccc9c(-c9ccc(-c%10ccc%11ccccc%11c%10)c%10ccccc9%10)c9ccccc89)ccc7c6)ccc45)c3)c3ccccc23)cc1. The summed E-state index contributed by atoms with van der Waals surface area (Å²) in [7, 11) is 0. The number of para-hydroxylation sites is 1. The molecule has 0 spiro atoms. The first kappa shape index (κ1) is 47.0. The fraction of sp³-hybridized carbons (Fsp3) is 0. The molecule has 0 saturated heterocycles. The van der Waals surface area contributed by atoms with Gasteiger partial charge in [0.2, 0.25) is 0 Å². The molecule has 0 amide bonds. The van der Waals surface area contributed by atoms with E-state index in [9.17, 15) is 0 Å². The van der Waals surface area contributed by atoms with Gasteiger partial charge in [0.1, 0.15) is 11.2 Å². The van der Waals surface area contributed by atoms with Gasteiger partial charge < -0.3 is 4.42 Å². The summed E-state index contributed by atoms with van der Waals surface area (Å²) in [6.07, 6.45) is 0. The molecule has 0 unspecified atom stereocenters. The van der Waals surface area contributed by atoms with Crippen LogP contribution in [0.2, 0.25) is 0 Å². The first-order valence-electron chi connectivity index (χ1n) is 28.7. The number of rotatable bonds is 7. The second-order valence-electron chi connectivity index (χ2n) is 22.2. The summed E-state index contributed by atoms with van der Waals surface area (Å²) in [5, 5.41) is 19.6. The van der Waals surface area contributed by atoms with Crippen molar-refractivity contribution in [3.05, 3.63) is 303 Å². The van der Waals surface area contributed by atoms with E-state index in [0.29, 0.717) is 0 Å². The highest BCUT2D eigenvalue weighted by Gasteiger charge is 2.22. The van der Waals surface area contributed by atoms with Crippen LogP contribution in [0.5, 0.6) is 0 Å². The first-order valence-corrected chi connectivity index (χ1v) is 28.7. The van der Waals surface area contributed by atoms with Crippen LogP contribution in [-0.2, 0) is 0 Å². The van der Waals surface area contributed by atoms with Gasteiger partial charge in [0.25, 0.3) is 0 Å². The van der Waals surface area contributed by atoms with Crippen LogP contribution in [0.25, 0.3) is 175 Å². The van der Waals surface area contributed by atoms with Crippen molar-refractivity contribution >= 4 is 97.3 Å². The Morgan fingerprint density at radius 1 is 0.169 bits per heavy atom. The minimum Gasteiger partial charge on any atom is -0.455 e. The molecule has 17 aromatic rings. The summed E-state index contributed by atoms with van der Waals surface area (Å²) in [5.41, 5.74) is 18.6. The Hall–Kier alpha value is -10.9. The molecule has 1 heteroatoms. The van der Waals surface area contributed by atoms with E-state index < -0.39 is 0 Å². The van der Waals surface area contributed by atoms with E-state index in [4.69, 9.17) is 4.42 Å². The van der Waals surface area contributed by atoms with Gasteiger partial charge >= 0.3 is 0 Å². The predicted octanol–water partition coefficient (Wildman–Crippen LogP) is 23.3. The van der Waals surface area contributed by atoms with Crippen molar-refractivity contribution in [2.45, 2.75) is 0 Å². The van der Waals surface area contributed by atoms with Gasteiger partial charge in [-0.3, -0.25) is 0 Å². The Bertz CT molecular complexity index is 5390. The fourth-order valence-corrected chi connectivity index (χ4v) is 13.8. The monoisotopic (exact) mass is 1050 g/mol. The van der Waals surface area contributed by atoms with Crippen LogP contribution in [0.1, 0.15) is 0 Å². The maximum absolute atomic E-state index is 6.97. The van der Waals surface area contributed by atoms with E-state index in [1.54, 1.807) is 0 Å². The van der Waals surface area contributed by atoms with Crippen LogP contribution in [0.4, 0.5) is 0 Å². The van der Waals surface area contributed by atoms with Gasteiger partial charge in [-0.05, 0) is 184 Å². The predicted molar refractivity (Wildman–Crippen MR) is 354 cm³/mol. The maximum atomic E-state index is 6.97. The Morgan fingerprint density at radius 2 is 0.554 bits per heavy atom. The summed E-state index contributed by atoms with van der Waals surface area (Å²) in [4.78, 5) is 0. The Labute approximate surface area is 480 Å². The molecular weight excluding hydrogens is 1000 g/mol. The molecule has 1 heterocycles. The lowest BCUT2D eigenvalue weighted by molar-refractivity contribution is 0.670. The molecule has 0 saturated carbocycles. The standard InChI is InChI=1S/C82H50O/c1-2-19-52(20-3-1)78-67-26-8-10-28-69(67)79(70-29-11-9-27-68(70)78)60-23-16-22-58(49-60)63-34-17-35-76-66-43-42-57(50-77(66)83-82(63)76)55-37-38-56-48-61(41-39-54(56)46-55)80-71-30-12-14-32-73(71)81(74-33-15-13-31-72(74)80)75-45-44-62(64-24-6-7-25-65(64)75)59-40-36-51-18-4-5-21-53(51)47-59/h1-50H.